The smallest absolute Gasteiger partial charge is 0.145 e. The van der Waals surface area contributed by atoms with E-state index in [2.05, 4.69) is 20.9 Å². The molecule has 2 rings (SSSR count). The van der Waals surface area contributed by atoms with Crippen LogP contribution >= 0.6 is 15.9 Å². The normalized spacial score (nSPS) is 9.71. The van der Waals surface area contributed by atoms with Gasteiger partial charge in [0.15, 0.2) is 0 Å². The first kappa shape index (κ1) is 11.6. The molecule has 3 nitrogen and oxygen atoms in total. The Morgan fingerprint density at radius 3 is 2.59 bits per heavy atom. The number of benzene rings is 1. The number of pyridine rings is 1. The van der Waals surface area contributed by atoms with Crippen molar-refractivity contribution in [3.63, 3.8) is 0 Å². The van der Waals surface area contributed by atoms with Crippen LogP contribution in [0.3, 0.4) is 0 Å². The highest BCUT2D eigenvalue weighted by molar-refractivity contribution is 9.10. The Labute approximate surface area is 106 Å². The van der Waals surface area contributed by atoms with Gasteiger partial charge in [0.1, 0.15) is 29.1 Å². The highest BCUT2D eigenvalue weighted by atomic mass is 79.9. The zero-order valence-electron chi connectivity index (χ0n) is 8.52. The first-order chi connectivity index (χ1) is 8.19. The van der Waals surface area contributed by atoms with E-state index in [1.54, 1.807) is 12.1 Å². The molecule has 0 unspecified atom stereocenters. The predicted octanol–water partition coefficient (Wildman–Crippen LogP) is 3.65. The third-order valence-corrected chi connectivity index (χ3v) is 2.59. The van der Waals surface area contributed by atoms with Gasteiger partial charge in [-0.1, -0.05) is 0 Å². The number of halogens is 2. The quantitative estimate of drug-likeness (QED) is 0.849. The molecule has 1 aromatic heterocycles. The minimum Gasteiger partial charge on any atom is -0.456 e. The average Bonchev–Trinajstić information content (AvgIpc) is 2.35. The van der Waals surface area contributed by atoms with Gasteiger partial charge in [-0.05, 0) is 46.3 Å². The molecule has 0 amide bonds. The molecule has 1 aromatic carbocycles. The number of nitriles is 1. The fourth-order valence-corrected chi connectivity index (χ4v) is 1.54. The van der Waals surface area contributed by atoms with Crippen molar-refractivity contribution >= 4 is 15.9 Å². The Kier molecular flexibility index (Phi) is 3.35. The lowest BCUT2D eigenvalue weighted by Gasteiger charge is -2.05. The number of nitrogens with zero attached hydrogens (tertiary/aromatic N) is 2. The molecule has 0 bridgehead atoms. The number of hydrogen-bond acceptors (Lipinski definition) is 3. The van der Waals surface area contributed by atoms with Crippen LogP contribution in [0.15, 0.2) is 41.0 Å². The predicted molar refractivity (Wildman–Crippen MR) is 63.1 cm³/mol. The van der Waals surface area contributed by atoms with Crippen molar-refractivity contribution in [3.8, 4) is 17.6 Å². The lowest BCUT2D eigenvalue weighted by atomic mass is 10.3. The van der Waals surface area contributed by atoms with E-state index < -0.39 is 0 Å². The van der Waals surface area contributed by atoms with Crippen molar-refractivity contribution in [2.75, 3.05) is 0 Å². The molecule has 0 aliphatic rings. The van der Waals surface area contributed by atoms with Crippen LogP contribution in [-0.4, -0.2) is 4.98 Å². The second kappa shape index (κ2) is 4.93. The van der Waals surface area contributed by atoms with Crippen LogP contribution < -0.4 is 4.74 Å². The van der Waals surface area contributed by atoms with Gasteiger partial charge in [0, 0.05) is 0 Å². The Hall–Kier alpha value is -1.93. The first-order valence-corrected chi connectivity index (χ1v) is 5.47. The molecule has 0 spiro atoms. The molecule has 0 fully saturated rings. The van der Waals surface area contributed by atoms with Gasteiger partial charge in [-0.15, -0.1) is 0 Å². The molecule has 0 radical (unpaired) electrons. The van der Waals surface area contributed by atoms with E-state index in [1.807, 2.05) is 6.07 Å². The van der Waals surface area contributed by atoms with Crippen molar-refractivity contribution in [3.05, 3.63) is 52.5 Å². The van der Waals surface area contributed by atoms with Crippen LogP contribution in [0, 0.1) is 17.1 Å². The molecule has 5 heteroatoms. The van der Waals surface area contributed by atoms with Crippen molar-refractivity contribution in [2.45, 2.75) is 0 Å². The van der Waals surface area contributed by atoms with Crippen LogP contribution in [-0.2, 0) is 0 Å². The summed E-state index contributed by atoms with van der Waals surface area (Å²) < 4.78 is 18.8. The molecule has 0 N–H and O–H groups in total. The van der Waals surface area contributed by atoms with Crippen molar-refractivity contribution in [1.82, 2.24) is 4.98 Å². The molecule has 0 aliphatic heterocycles. The molecule has 0 saturated carbocycles. The zero-order valence-corrected chi connectivity index (χ0v) is 10.1. The van der Waals surface area contributed by atoms with Crippen LogP contribution in [0.1, 0.15) is 5.69 Å². The van der Waals surface area contributed by atoms with E-state index in [1.165, 1.54) is 24.4 Å². The molecule has 0 saturated heterocycles. The van der Waals surface area contributed by atoms with E-state index in [0.717, 1.165) is 0 Å². The summed E-state index contributed by atoms with van der Waals surface area (Å²) in [4.78, 5) is 3.86. The lowest BCUT2D eigenvalue weighted by Crippen LogP contribution is -1.88. The Morgan fingerprint density at radius 2 is 2.00 bits per heavy atom. The summed E-state index contributed by atoms with van der Waals surface area (Å²) in [7, 11) is 0. The Bertz CT molecular complexity index is 578. The molecule has 0 atom stereocenters. The van der Waals surface area contributed by atoms with E-state index in [4.69, 9.17) is 10.00 Å². The average molecular weight is 293 g/mol. The standard InChI is InChI=1S/C12H6BrFN2O/c13-11-5-9(3-4-12(11)14)17-10-2-1-8(6-15)16-7-10/h1-5,7H. The van der Waals surface area contributed by atoms with Crippen LogP contribution in [0.4, 0.5) is 4.39 Å². The zero-order chi connectivity index (χ0) is 12.3. The molecule has 84 valence electrons. The summed E-state index contributed by atoms with van der Waals surface area (Å²) in [6.07, 6.45) is 1.44. The second-order valence-electron chi connectivity index (χ2n) is 3.17. The van der Waals surface area contributed by atoms with E-state index in [0.29, 0.717) is 21.7 Å². The third-order valence-electron chi connectivity index (χ3n) is 1.98. The number of ether oxygens (including phenoxy) is 1. The Balaban J connectivity index is 2.20. The first-order valence-electron chi connectivity index (χ1n) is 4.68. The number of rotatable bonds is 2. The molecule has 0 aliphatic carbocycles. The van der Waals surface area contributed by atoms with Gasteiger partial charge in [0.25, 0.3) is 0 Å². The number of hydrogen-bond donors (Lipinski definition) is 0. The van der Waals surface area contributed by atoms with Gasteiger partial charge in [0.05, 0.1) is 10.7 Å². The third kappa shape index (κ3) is 2.80. The minimum absolute atomic E-state index is 0.317. The van der Waals surface area contributed by atoms with Crippen molar-refractivity contribution in [2.24, 2.45) is 0 Å². The summed E-state index contributed by atoms with van der Waals surface area (Å²) in [5.41, 5.74) is 0.317. The maximum atomic E-state index is 13.0. The summed E-state index contributed by atoms with van der Waals surface area (Å²) in [6.45, 7) is 0. The van der Waals surface area contributed by atoms with Crippen LogP contribution in [0.5, 0.6) is 11.5 Å². The van der Waals surface area contributed by atoms with Gasteiger partial charge >= 0.3 is 0 Å². The highest BCUT2D eigenvalue weighted by Gasteiger charge is 2.03. The van der Waals surface area contributed by atoms with Gasteiger partial charge in [0.2, 0.25) is 0 Å². The fraction of sp³-hybridized carbons (Fsp3) is 0. The molecular weight excluding hydrogens is 287 g/mol. The Morgan fingerprint density at radius 1 is 1.24 bits per heavy atom. The molecule has 2 aromatic rings. The lowest BCUT2D eigenvalue weighted by molar-refractivity contribution is 0.477. The maximum Gasteiger partial charge on any atom is 0.145 e. The van der Waals surface area contributed by atoms with Crippen molar-refractivity contribution in [1.29, 1.82) is 5.26 Å². The number of aromatic nitrogens is 1. The van der Waals surface area contributed by atoms with E-state index in [9.17, 15) is 4.39 Å². The topological polar surface area (TPSA) is 45.9 Å². The van der Waals surface area contributed by atoms with E-state index in [-0.39, 0.29) is 5.82 Å². The van der Waals surface area contributed by atoms with Crippen LogP contribution in [0.25, 0.3) is 0 Å². The van der Waals surface area contributed by atoms with Gasteiger partial charge in [-0.2, -0.15) is 5.26 Å². The summed E-state index contributed by atoms with van der Waals surface area (Å²) in [6, 6.07) is 9.42. The van der Waals surface area contributed by atoms with Gasteiger partial charge in [-0.25, -0.2) is 9.37 Å². The summed E-state index contributed by atoms with van der Waals surface area (Å²) >= 11 is 3.07. The van der Waals surface area contributed by atoms with Gasteiger partial charge < -0.3 is 4.74 Å². The minimum atomic E-state index is -0.352. The highest BCUT2D eigenvalue weighted by Crippen LogP contribution is 2.25. The monoisotopic (exact) mass is 292 g/mol. The van der Waals surface area contributed by atoms with Crippen molar-refractivity contribution < 1.29 is 9.13 Å². The maximum absolute atomic E-state index is 13.0. The largest absolute Gasteiger partial charge is 0.456 e. The summed E-state index contributed by atoms with van der Waals surface area (Å²) in [5.74, 6) is 0.627. The SMILES string of the molecule is N#Cc1ccc(Oc2ccc(F)c(Br)c2)cn1. The van der Waals surface area contributed by atoms with Gasteiger partial charge in [-0.3, -0.25) is 0 Å². The summed E-state index contributed by atoms with van der Waals surface area (Å²) in [5, 5.41) is 8.58. The van der Waals surface area contributed by atoms with E-state index >= 15 is 0 Å². The second-order valence-corrected chi connectivity index (χ2v) is 4.02. The fourth-order valence-electron chi connectivity index (χ4n) is 1.18. The van der Waals surface area contributed by atoms with Crippen LogP contribution in [0.2, 0.25) is 0 Å². The molecular formula is C12H6BrFN2O. The molecule has 17 heavy (non-hydrogen) atoms. The molecule has 1 heterocycles.